The van der Waals surface area contributed by atoms with E-state index in [-0.39, 0.29) is 16.6 Å². The largest absolute Gasteiger partial charge is 0.298 e. The van der Waals surface area contributed by atoms with Crippen LogP contribution in [0.1, 0.15) is 59.3 Å². The molecular formula is C18H28O2S. The molecule has 0 spiro atoms. The van der Waals surface area contributed by atoms with E-state index in [1.807, 2.05) is 20.8 Å². The Morgan fingerprint density at radius 1 is 0.952 bits per heavy atom. The van der Waals surface area contributed by atoms with Crippen molar-refractivity contribution in [2.24, 2.45) is 28.6 Å². The van der Waals surface area contributed by atoms with Crippen molar-refractivity contribution in [2.45, 2.75) is 59.3 Å². The lowest BCUT2D eigenvalue weighted by Crippen LogP contribution is -2.50. The van der Waals surface area contributed by atoms with E-state index in [0.717, 1.165) is 37.0 Å². The highest BCUT2D eigenvalue weighted by Crippen LogP contribution is 2.60. The molecule has 4 fully saturated rings. The first-order valence-electron chi connectivity index (χ1n) is 8.43. The Morgan fingerprint density at radius 2 is 1.43 bits per heavy atom. The molecule has 4 aliphatic rings. The Hall–Kier alpha value is -0.310. The zero-order chi connectivity index (χ0) is 15.3. The summed E-state index contributed by atoms with van der Waals surface area (Å²) in [6.07, 6.45) is 7.56. The molecule has 4 bridgehead atoms. The van der Waals surface area contributed by atoms with Crippen LogP contribution in [0, 0.1) is 28.6 Å². The van der Waals surface area contributed by atoms with Crippen LogP contribution >= 0.6 is 11.8 Å². The average molecular weight is 308 g/mol. The van der Waals surface area contributed by atoms with Crippen LogP contribution in [0.2, 0.25) is 0 Å². The van der Waals surface area contributed by atoms with E-state index in [2.05, 4.69) is 0 Å². The molecule has 2 nitrogen and oxygen atoms in total. The van der Waals surface area contributed by atoms with Crippen molar-refractivity contribution < 1.29 is 9.59 Å². The molecule has 0 heterocycles. The Labute approximate surface area is 132 Å². The fourth-order valence-corrected chi connectivity index (χ4v) is 6.27. The fraction of sp³-hybridized carbons (Fsp3) is 0.889. The van der Waals surface area contributed by atoms with Crippen LogP contribution < -0.4 is 0 Å². The van der Waals surface area contributed by atoms with Crippen molar-refractivity contribution in [1.29, 1.82) is 0 Å². The number of hydrogen-bond donors (Lipinski definition) is 0. The van der Waals surface area contributed by atoms with Gasteiger partial charge in [-0.1, -0.05) is 20.8 Å². The molecule has 0 radical (unpaired) electrons. The SMILES string of the molecule is CC(C)(C)C(=O)CSCC(=O)C12CC3CC(CC(C3)C1)C2. The minimum absolute atomic E-state index is 0.00648. The summed E-state index contributed by atoms with van der Waals surface area (Å²) in [4.78, 5) is 24.8. The van der Waals surface area contributed by atoms with Gasteiger partial charge in [-0.15, -0.1) is 11.8 Å². The molecule has 0 atom stereocenters. The molecule has 4 aliphatic carbocycles. The van der Waals surface area contributed by atoms with Crippen molar-refractivity contribution in [1.82, 2.24) is 0 Å². The molecule has 0 aliphatic heterocycles. The van der Waals surface area contributed by atoms with Crippen molar-refractivity contribution in [3.8, 4) is 0 Å². The first-order valence-corrected chi connectivity index (χ1v) is 9.58. The van der Waals surface area contributed by atoms with Crippen LogP contribution in [-0.4, -0.2) is 23.1 Å². The van der Waals surface area contributed by atoms with E-state index in [1.54, 1.807) is 11.8 Å². The van der Waals surface area contributed by atoms with Gasteiger partial charge in [-0.3, -0.25) is 9.59 Å². The summed E-state index contributed by atoms with van der Waals surface area (Å²) in [6, 6.07) is 0. The highest BCUT2D eigenvalue weighted by Gasteiger charge is 2.53. The molecule has 118 valence electrons. The van der Waals surface area contributed by atoms with Crippen LogP contribution in [0.25, 0.3) is 0 Å². The number of ketones is 2. The maximum Gasteiger partial charge on any atom is 0.148 e. The number of hydrogen-bond acceptors (Lipinski definition) is 3. The molecule has 0 aromatic heterocycles. The van der Waals surface area contributed by atoms with Crippen LogP contribution in [0.15, 0.2) is 0 Å². The number of Topliss-reactive ketones (excluding diaryl/α,β-unsaturated/α-hetero) is 2. The minimum atomic E-state index is -0.281. The van der Waals surface area contributed by atoms with Crippen LogP contribution in [0.5, 0.6) is 0 Å². The molecule has 3 heteroatoms. The average Bonchev–Trinajstić information content (AvgIpc) is 2.35. The Kier molecular flexibility index (Phi) is 4.01. The third-order valence-electron chi connectivity index (χ3n) is 5.93. The fourth-order valence-electron chi connectivity index (χ4n) is 5.06. The van der Waals surface area contributed by atoms with Gasteiger partial charge < -0.3 is 0 Å². The second-order valence-electron chi connectivity index (χ2n) is 8.79. The summed E-state index contributed by atoms with van der Waals surface area (Å²) in [5.74, 6) is 4.21. The number of thioether (sulfide) groups is 1. The van der Waals surface area contributed by atoms with Gasteiger partial charge in [0.2, 0.25) is 0 Å². The van der Waals surface area contributed by atoms with Crippen molar-refractivity contribution in [3.63, 3.8) is 0 Å². The molecular weight excluding hydrogens is 280 g/mol. The maximum absolute atomic E-state index is 12.8. The molecule has 0 saturated heterocycles. The monoisotopic (exact) mass is 308 g/mol. The highest BCUT2D eigenvalue weighted by atomic mass is 32.2. The van der Waals surface area contributed by atoms with Gasteiger partial charge in [-0.25, -0.2) is 0 Å². The normalized spacial score (nSPS) is 37.8. The topological polar surface area (TPSA) is 34.1 Å². The Morgan fingerprint density at radius 3 is 1.86 bits per heavy atom. The first kappa shape index (κ1) is 15.6. The molecule has 0 amide bonds. The van der Waals surface area contributed by atoms with Crippen LogP contribution in [-0.2, 0) is 9.59 Å². The predicted molar refractivity (Wildman–Crippen MR) is 87.4 cm³/mol. The van der Waals surface area contributed by atoms with E-state index in [1.165, 1.54) is 19.3 Å². The maximum atomic E-state index is 12.8. The van der Waals surface area contributed by atoms with E-state index in [4.69, 9.17) is 0 Å². The summed E-state index contributed by atoms with van der Waals surface area (Å²) in [6.45, 7) is 5.87. The van der Waals surface area contributed by atoms with Gasteiger partial charge in [0, 0.05) is 10.8 Å². The zero-order valence-corrected chi connectivity index (χ0v) is 14.4. The zero-order valence-electron chi connectivity index (χ0n) is 13.6. The summed E-state index contributed by atoms with van der Waals surface area (Å²) >= 11 is 1.55. The van der Waals surface area contributed by atoms with Crippen LogP contribution in [0.4, 0.5) is 0 Å². The standard InChI is InChI=1S/C18H28O2S/c1-17(2,3)15(19)10-21-11-16(20)18-7-12-4-13(8-18)6-14(5-12)9-18/h12-14H,4-11H2,1-3H3. The van der Waals surface area contributed by atoms with Gasteiger partial charge in [0.05, 0.1) is 11.5 Å². The van der Waals surface area contributed by atoms with Crippen LogP contribution in [0.3, 0.4) is 0 Å². The second kappa shape index (κ2) is 5.40. The number of rotatable bonds is 5. The van der Waals surface area contributed by atoms with E-state index in [0.29, 0.717) is 17.3 Å². The third kappa shape index (κ3) is 3.09. The van der Waals surface area contributed by atoms with Gasteiger partial charge in [0.25, 0.3) is 0 Å². The van der Waals surface area contributed by atoms with Gasteiger partial charge >= 0.3 is 0 Å². The number of carbonyl (C=O) groups excluding carboxylic acids is 2. The summed E-state index contributed by atoms with van der Waals surface area (Å²) in [5.41, 5.74) is -0.275. The molecule has 0 N–H and O–H groups in total. The van der Waals surface area contributed by atoms with Gasteiger partial charge in [-0.05, 0) is 56.3 Å². The Bertz CT molecular complexity index is 411. The molecule has 21 heavy (non-hydrogen) atoms. The van der Waals surface area contributed by atoms with Gasteiger partial charge in [-0.2, -0.15) is 0 Å². The lowest BCUT2D eigenvalue weighted by molar-refractivity contribution is -0.141. The first-order chi connectivity index (χ1) is 9.78. The predicted octanol–water partition coefficient (Wildman–Crippen LogP) is 4.12. The number of carbonyl (C=O) groups is 2. The lowest BCUT2D eigenvalue weighted by atomic mass is 9.48. The molecule has 4 rings (SSSR count). The van der Waals surface area contributed by atoms with Crippen molar-refractivity contribution in [3.05, 3.63) is 0 Å². The van der Waals surface area contributed by atoms with E-state index >= 15 is 0 Å². The van der Waals surface area contributed by atoms with Gasteiger partial charge in [0.1, 0.15) is 11.6 Å². The molecule has 0 unspecified atom stereocenters. The smallest absolute Gasteiger partial charge is 0.148 e. The Balaban J connectivity index is 1.55. The summed E-state index contributed by atoms with van der Waals surface area (Å²) in [5, 5.41) is 0. The molecule has 4 saturated carbocycles. The van der Waals surface area contributed by atoms with E-state index in [9.17, 15) is 9.59 Å². The van der Waals surface area contributed by atoms with E-state index < -0.39 is 0 Å². The minimum Gasteiger partial charge on any atom is -0.298 e. The lowest BCUT2D eigenvalue weighted by Gasteiger charge is -2.56. The highest BCUT2D eigenvalue weighted by molar-refractivity contribution is 8.00. The van der Waals surface area contributed by atoms with Gasteiger partial charge in [0.15, 0.2) is 0 Å². The third-order valence-corrected chi connectivity index (χ3v) is 6.87. The quantitative estimate of drug-likeness (QED) is 0.766. The van der Waals surface area contributed by atoms with Crippen molar-refractivity contribution in [2.75, 3.05) is 11.5 Å². The molecule has 0 aromatic carbocycles. The molecule has 0 aromatic rings. The van der Waals surface area contributed by atoms with Crippen molar-refractivity contribution >= 4 is 23.3 Å². The summed E-state index contributed by atoms with van der Waals surface area (Å²) in [7, 11) is 0. The second-order valence-corrected chi connectivity index (χ2v) is 9.77. The summed E-state index contributed by atoms with van der Waals surface area (Å²) < 4.78 is 0.